The topological polar surface area (TPSA) is 75.1 Å². The molecule has 0 unspecified atom stereocenters. The van der Waals surface area contributed by atoms with Crippen molar-refractivity contribution in [2.75, 3.05) is 11.9 Å². The van der Waals surface area contributed by atoms with Crippen molar-refractivity contribution >= 4 is 22.8 Å². The van der Waals surface area contributed by atoms with Crippen LogP contribution in [0.4, 0.5) is 5.82 Å². The van der Waals surface area contributed by atoms with E-state index < -0.39 is 11.4 Å². The van der Waals surface area contributed by atoms with Crippen LogP contribution in [-0.4, -0.2) is 27.6 Å². The lowest BCUT2D eigenvalue weighted by atomic mass is 9.82. The van der Waals surface area contributed by atoms with E-state index in [1.807, 2.05) is 38.1 Å². The maximum atomic E-state index is 11.4. The molecule has 1 aromatic heterocycles. The maximum absolute atomic E-state index is 11.4. The Morgan fingerprint density at radius 1 is 1.25 bits per heavy atom. The Hall–Kier alpha value is -2.17. The predicted molar refractivity (Wildman–Crippen MR) is 78.7 cm³/mol. The predicted octanol–water partition coefficient (Wildman–Crippen LogP) is 2.93. The summed E-state index contributed by atoms with van der Waals surface area (Å²) in [6.45, 7) is 4.14. The molecule has 0 aliphatic carbocycles. The zero-order chi connectivity index (χ0) is 14.6. The third-order valence-corrected chi connectivity index (χ3v) is 3.86. The van der Waals surface area contributed by atoms with Gasteiger partial charge in [-0.15, -0.1) is 0 Å². The first-order valence-corrected chi connectivity index (χ1v) is 6.80. The van der Waals surface area contributed by atoms with Crippen molar-refractivity contribution in [3.05, 3.63) is 30.5 Å². The van der Waals surface area contributed by atoms with Gasteiger partial charge in [0.2, 0.25) is 0 Å². The minimum Gasteiger partial charge on any atom is -0.481 e. The minimum atomic E-state index is -0.774. The van der Waals surface area contributed by atoms with Gasteiger partial charge in [0.1, 0.15) is 5.82 Å². The van der Waals surface area contributed by atoms with Crippen molar-refractivity contribution < 1.29 is 9.90 Å². The summed E-state index contributed by atoms with van der Waals surface area (Å²) >= 11 is 0. The molecule has 0 saturated carbocycles. The lowest BCUT2D eigenvalue weighted by molar-refractivity contribution is -0.148. The fraction of sp³-hybridized carbons (Fsp3) is 0.400. The van der Waals surface area contributed by atoms with Gasteiger partial charge in [0.05, 0.1) is 22.6 Å². The molecule has 106 valence electrons. The molecule has 0 aliphatic rings. The van der Waals surface area contributed by atoms with Crippen molar-refractivity contribution in [3.63, 3.8) is 0 Å². The summed E-state index contributed by atoms with van der Waals surface area (Å²) in [7, 11) is 0. The molecule has 0 spiro atoms. The summed E-state index contributed by atoms with van der Waals surface area (Å²) in [6.07, 6.45) is 2.79. The normalized spacial score (nSPS) is 11.5. The third kappa shape index (κ3) is 2.71. The van der Waals surface area contributed by atoms with Crippen LogP contribution in [0.25, 0.3) is 11.0 Å². The van der Waals surface area contributed by atoms with Crippen LogP contribution in [0.5, 0.6) is 0 Å². The zero-order valence-corrected chi connectivity index (χ0v) is 11.8. The number of hydrogen-bond donors (Lipinski definition) is 2. The van der Waals surface area contributed by atoms with Gasteiger partial charge in [0.25, 0.3) is 0 Å². The lowest BCUT2D eigenvalue weighted by Gasteiger charge is -2.27. The highest BCUT2D eigenvalue weighted by molar-refractivity contribution is 5.76. The SMILES string of the molecule is CCC(CC)(CNc1cnc2ccccc2n1)C(=O)O. The van der Waals surface area contributed by atoms with Crippen LogP contribution in [0.2, 0.25) is 0 Å². The van der Waals surface area contributed by atoms with E-state index in [9.17, 15) is 9.90 Å². The number of carboxylic acids is 1. The number of hydrogen-bond acceptors (Lipinski definition) is 4. The highest BCUT2D eigenvalue weighted by Crippen LogP contribution is 2.27. The van der Waals surface area contributed by atoms with Crippen LogP contribution in [-0.2, 0) is 4.79 Å². The van der Waals surface area contributed by atoms with Gasteiger partial charge in [-0.05, 0) is 25.0 Å². The molecule has 2 N–H and O–H groups in total. The molecule has 0 amide bonds. The monoisotopic (exact) mass is 273 g/mol. The molecule has 0 saturated heterocycles. The average Bonchev–Trinajstić information content (AvgIpc) is 2.48. The van der Waals surface area contributed by atoms with Gasteiger partial charge < -0.3 is 10.4 Å². The molecular weight excluding hydrogens is 254 g/mol. The van der Waals surface area contributed by atoms with Crippen molar-refractivity contribution in [2.45, 2.75) is 26.7 Å². The Bertz CT molecular complexity index is 609. The van der Waals surface area contributed by atoms with E-state index in [0.717, 1.165) is 11.0 Å². The van der Waals surface area contributed by atoms with E-state index in [1.165, 1.54) is 0 Å². The Balaban J connectivity index is 2.17. The van der Waals surface area contributed by atoms with Crippen LogP contribution < -0.4 is 5.32 Å². The number of aliphatic carboxylic acids is 1. The molecule has 0 atom stereocenters. The number of rotatable bonds is 6. The molecule has 2 aromatic rings. The molecule has 1 heterocycles. The first-order chi connectivity index (χ1) is 9.61. The molecule has 0 bridgehead atoms. The van der Waals surface area contributed by atoms with Crippen molar-refractivity contribution in [2.24, 2.45) is 5.41 Å². The smallest absolute Gasteiger partial charge is 0.311 e. The van der Waals surface area contributed by atoms with Gasteiger partial charge in [-0.25, -0.2) is 4.98 Å². The summed E-state index contributed by atoms with van der Waals surface area (Å²) < 4.78 is 0. The van der Waals surface area contributed by atoms with E-state index in [4.69, 9.17) is 0 Å². The van der Waals surface area contributed by atoms with Crippen molar-refractivity contribution in [3.8, 4) is 0 Å². The molecule has 5 heteroatoms. The highest BCUT2D eigenvalue weighted by Gasteiger charge is 2.34. The second-order valence-electron chi connectivity index (χ2n) is 4.89. The second-order valence-corrected chi connectivity index (χ2v) is 4.89. The van der Waals surface area contributed by atoms with Crippen LogP contribution in [0.3, 0.4) is 0 Å². The Labute approximate surface area is 118 Å². The van der Waals surface area contributed by atoms with Crippen molar-refractivity contribution in [1.29, 1.82) is 0 Å². The molecule has 20 heavy (non-hydrogen) atoms. The average molecular weight is 273 g/mol. The Morgan fingerprint density at radius 3 is 2.50 bits per heavy atom. The molecule has 1 aromatic carbocycles. The minimum absolute atomic E-state index is 0.350. The number of para-hydroxylation sites is 2. The molecule has 0 fully saturated rings. The second kappa shape index (κ2) is 5.86. The molecule has 0 aliphatic heterocycles. The van der Waals surface area contributed by atoms with Gasteiger partial charge in [-0.1, -0.05) is 26.0 Å². The molecule has 2 rings (SSSR count). The van der Waals surface area contributed by atoms with E-state index in [1.54, 1.807) is 6.20 Å². The quantitative estimate of drug-likeness (QED) is 0.846. The fourth-order valence-corrected chi connectivity index (χ4v) is 2.18. The number of fused-ring (bicyclic) bond motifs is 1. The maximum Gasteiger partial charge on any atom is 0.311 e. The fourth-order valence-electron chi connectivity index (χ4n) is 2.18. The Morgan fingerprint density at radius 2 is 1.90 bits per heavy atom. The number of aromatic nitrogens is 2. The van der Waals surface area contributed by atoms with Crippen LogP contribution >= 0.6 is 0 Å². The summed E-state index contributed by atoms with van der Waals surface area (Å²) in [4.78, 5) is 20.2. The first-order valence-electron chi connectivity index (χ1n) is 6.80. The number of carbonyl (C=O) groups is 1. The number of nitrogens with zero attached hydrogens (tertiary/aromatic N) is 2. The molecule has 5 nitrogen and oxygen atoms in total. The number of nitrogens with one attached hydrogen (secondary N) is 1. The van der Waals surface area contributed by atoms with Gasteiger partial charge in [0, 0.05) is 6.54 Å². The van der Waals surface area contributed by atoms with E-state index >= 15 is 0 Å². The summed E-state index contributed by atoms with van der Waals surface area (Å²) in [5.41, 5.74) is 0.868. The van der Waals surface area contributed by atoms with Gasteiger partial charge in [-0.2, -0.15) is 0 Å². The van der Waals surface area contributed by atoms with E-state index in [0.29, 0.717) is 25.2 Å². The summed E-state index contributed by atoms with van der Waals surface area (Å²) in [6, 6.07) is 7.59. The number of carboxylic acid groups (broad SMARTS) is 1. The summed E-state index contributed by atoms with van der Waals surface area (Å²) in [5.74, 6) is -0.167. The number of benzene rings is 1. The largest absolute Gasteiger partial charge is 0.481 e. The standard InChI is InChI=1S/C15H19N3O2/c1-3-15(4-2,14(19)20)10-17-13-9-16-11-7-5-6-8-12(11)18-13/h5-9H,3-4,10H2,1-2H3,(H,17,18)(H,19,20). The molecule has 0 radical (unpaired) electrons. The van der Waals surface area contributed by atoms with E-state index in [-0.39, 0.29) is 0 Å². The van der Waals surface area contributed by atoms with Gasteiger partial charge >= 0.3 is 5.97 Å². The number of anilines is 1. The third-order valence-electron chi connectivity index (χ3n) is 3.86. The van der Waals surface area contributed by atoms with Crippen molar-refractivity contribution in [1.82, 2.24) is 9.97 Å². The lowest BCUT2D eigenvalue weighted by Crippen LogP contribution is -2.37. The summed E-state index contributed by atoms with van der Waals surface area (Å²) in [5, 5.41) is 12.5. The Kier molecular flexibility index (Phi) is 4.17. The van der Waals surface area contributed by atoms with Crippen LogP contribution in [0.1, 0.15) is 26.7 Å². The highest BCUT2D eigenvalue weighted by atomic mass is 16.4. The molecular formula is C15H19N3O2. The van der Waals surface area contributed by atoms with Gasteiger partial charge in [0.15, 0.2) is 0 Å². The first kappa shape index (κ1) is 14.2. The van der Waals surface area contributed by atoms with Crippen LogP contribution in [0, 0.1) is 5.41 Å². The van der Waals surface area contributed by atoms with E-state index in [2.05, 4.69) is 15.3 Å². The van der Waals surface area contributed by atoms with Crippen LogP contribution in [0.15, 0.2) is 30.5 Å². The van der Waals surface area contributed by atoms with Gasteiger partial charge in [-0.3, -0.25) is 9.78 Å². The zero-order valence-electron chi connectivity index (χ0n) is 11.8.